The van der Waals surface area contributed by atoms with Crippen LogP contribution < -0.4 is 5.73 Å². The van der Waals surface area contributed by atoms with E-state index in [1.54, 1.807) is 11.8 Å². The van der Waals surface area contributed by atoms with Gasteiger partial charge in [-0.2, -0.15) is 0 Å². The molecular formula is C11H15NOS. The van der Waals surface area contributed by atoms with E-state index in [9.17, 15) is 0 Å². The van der Waals surface area contributed by atoms with E-state index >= 15 is 0 Å². The third-order valence-electron chi connectivity index (χ3n) is 1.75. The Morgan fingerprint density at radius 2 is 1.93 bits per heavy atom. The van der Waals surface area contributed by atoms with Crippen molar-refractivity contribution in [3.05, 3.63) is 42.0 Å². The predicted molar refractivity (Wildman–Crippen MR) is 61.3 cm³/mol. The highest BCUT2D eigenvalue weighted by atomic mass is 32.2. The minimum absolute atomic E-state index is 0.109. The van der Waals surface area contributed by atoms with Crippen LogP contribution in [0.2, 0.25) is 0 Å². The van der Waals surface area contributed by atoms with E-state index in [-0.39, 0.29) is 6.61 Å². The Balaban J connectivity index is 2.40. The summed E-state index contributed by atoms with van der Waals surface area (Å²) in [5.74, 6) is 0.940. The van der Waals surface area contributed by atoms with E-state index in [1.165, 1.54) is 4.90 Å². The van der Waals surface area contributed by atoms with Gasteiger partial charge in [0.05, 0.1) is 6.61 Å². The molecule has 0 spiro atoms. The zero-order valence-electron chi connectivity index (χ0n) is 8.02. The van der Waals surface area contributed by atoms with Gasteiger partial charge in [-0.1, -0.05) is 24.3 Å². The zero-order chi connectivity index (χ0) is 10.2. The van der Waals surface area contributed by atoms with Gasteiger partial charge in [0.2, 0.25) is 0 Å². The Bertz CT molecular complexity index is 282. The van der Waals surface area contributed by atoms with Crippen molar-refractivity contribution in [1.29, 1.82) is 0 Å². The summed E-state index contributed by atoms with van der Waals surface area (Å²) >= 11 is 1.76. The van der Waals surface area contributed by atoms with Gasteiger partial charge in [-0.15, -0.1) is 11.8 Å². The molecule has 0 unspecified atom stereocenters. The molecule has 14 heavy (non-hydrogen) atoms. The quantitative estimate of drug-likeness (QED) is 0.574. The maximum absolute atomic E-state index is 8.84. The number of nitrogens with two attached hydrogens (primary N) is 1. The summed E-state index contributed by atoms with van der Waals surface area (Å²) in [6, 6.07) is 7.92. The largest absolute Gasteiger partial charge is 0.392 e. The molecule has 3 N–H and O–H groups in total. The van der Waals surface area contributed by atoms with Crippen molar-refractivity contribution in [2.45, 2.75) is 11.5 Å². The lowest BCUT2D eigenvalue weighted by Gasteiger charge is -1.99. The van der Waals surface area contributed by atoms with Crippen molar-refractivity contribution < 1.29 is 5.11 Å². The monoisotopic (exact) mass is 209 g/mol. The molecule has 0 radical (unpaired) electrons. The van der Waals surface area contributed by atoms with Crippen LogP contribution >= 0.6 is 11.8 Å². The number of benzene rings is 1. The second-order valence-electron chi connectivity index (χ2n) is 2.82. The summed E-state index contributed by atoms with van der Waals surface area (Å²) in [4.78, 5) is 1.21. The summed E-state index contributed by atoms with van der Waals surface area (Å²) in [5.41, 5.74) is 6.27. The first kappa shape index (κ1) is 11.3. The SMILES string of the molecule is NC/C=C/CSc1ccc(CO)cc1. The summed E-state index contributed by atoms with van der Waals surface area (Å²) in [6.45, 7) is 0.710. The maximum atomic E-state index is 8.84. The van der Waals surface area contributed by atoms with Crippen molar-refractivity contribution in [2.24, 2.45) is 5.73 Å². The highest BCUT2D eigenvalue weighted by Gasteiger charge is 1.92. The molecule has 0 aliphatic carbocycles. The number of hydrogen-bond donors (Lipinski definition) is 2. The van der Waals surface area contributed by atoms with E-state index in [1.807, 2.05) is 30.3 Å². The molecule has 2 nitrogen and oxygen atoms in total. The molecular weight excluding hydrogens is 194 g/mol. The Morgan fingerprint density at radius 1 is 1.21 bits per heavy atom. The standard InChI is InChI=1S/C11H15NOS/c12-7-1-2-8-14-11-5-3-10(9-13)4-6-11/h1-6,13H,7-9,12H2/b2-1+. The molecule has 1 aromatic carbocycles. The second kappa shape index (κ2) is 6.65. The summed E-state index contributed by atoms with van der Waals surface area (Å²) in [7, 11) is 0. The Labute approximate surface area is 88.8 Å². The Hall–Kier alpha value is -0.770. The molecule has 0 saturated carbocycles. The van der Waals surface area contributed by atoms with Gasteiger partial charge in [0.1, 0.15) is 0 Å². The van der Waals surface area contributed by atoms with Gasteiger partial charge in [-0.05, 0) is 17.7 Å². The molecule has 0 bridgehead atoms. The van der Waals surface area contributed by atoms with Gasteiger partial charge in [0, 0.05) is 17.2 Å². The average Bonchev–Trinajstić information content (AvgIpc) is 2.25. The van der Waals surface area contributed by atoms with E-state index in [0.717, 1.165) is 11.3 Å². The fraction of sp³-hybridized carbons (Fsp3) is 0.273. The van der Waals surface area contributed by atoms with Crippen LogP contribution in [0.5, 0.6) is 0 Å². The molecule has 0 aliphatic rings. The number of thioether (sulfide) groups is 1. The number of aliphatic hydroxyl groups is 1. The lowest BCUT2D eigenvalue weighted by atomic mass is 10.2. The highest BCUT2D eigenvalue weighted by molar-refractivity contribution is 7.99. The first-order chi connectivity index (χ1) is 6.86. The first-order valence-electron chi connectivity index (χ1n) is 4.54. The van der Waals surface area contributed by atoms with Crippen LogP contribution in [0.4, 0.5) is 0 Å². The van der Waals surface area contributed by atoms with Crippen LogP contribution in [-0.2, 0) is 6.61 Å². The van der Waals surface area contributed by atoms with Crippen molar-refractivity contribution in [1.82, 2.24) is 0 Å². The molecule has 76 valence electrons. The zero-order valence-corrected chi connectivity index (χ0v) is 8.83. The molecule has 1 aromatic rings. The summed E-state index contributed by atoms with van der Waals surface area (Å²) in [5, 5.41) is 8.84. The van der Waals surface area contributed by atoms with Crippen molar-refractivity contribution in [3.63, 3.8) is 0 Å². The van der Waals surface area contributed by atoms with Crippen molar-refractivity contribution >= 4 is 11.8 Å². The number of rotatable bonds is 5. The van der Waals surface area contributed by atoms with Crippen LogP contribution in [0, 0.1) is 0 Å². The van der Waals surface area contributed by atoms with E-state index in [4.69, 9.17) is 10.8 Å². The fourth-order valence-corrected chi connectivity index (χ4v) is 1.75. The molecule has 3 heteroatoms. The minimum Gasteiger partial charge on any atom is -0.392 e. The maximum Gasteiger partial charge on any atom is 0.0681 e. The lowest BCUT2D eigenvalue weighted by Crippen LogP contribution is -1.92. The summed E-state index contributed by atoms with van der Waals surface area (Å²) in [6.07, 6.45) is 4.01. The van der Waals surface area contributed by atoms with E-state index < -0.39 is 0 Å². The topological polar surface area (TPSA) is 46.2 Å². The highest BCUT2D eigenvalue weighted by Crippen LogP contribution is 2.18. The molecule has 0 aliphatic heterocycles. The van der Waals surface area contributed by atoms with Crippen molar-refractivity contribution in [3.8, 4) is 0 Å². The van der Waals surface area contributed by atoms with Crippen LogP contribution in [0.1, 0.15) is 5.56 Å². The molecule has 0 atom stereocenters. The number of aliphatic hydroxyl groups excluding tert-OH is 1. The van der Waals surface area contributed by atoms with Gasteiger partial charge < -0.3 is 10.8 Å². The van der Waals surface area contributed by atoms with Crippen LogP contribution in [0.25, 0.3) is 0 Å². The number of hydrogen-bond acceptors (Lipinski definition) is 3. The van der Waals surface area contributed by atoms with Gasteiger partial charge >= 0.3 is 0 Å². The molecule has 0 heterocycles. The smallest absolute Gasteiger partial charge is 0.0681 e. The van der Waals surface area contributed by atoms with Gasteiger partial charge in [0.15, 0.2) is 0 Å². The molecule has 0 fully saturated rings. The molecule has 0 saturated heterocycles. The van der Waals surface area contributed by atoms with Gasteiger partial charge in [-0.25, -0.2) is 0 Å². The van der Waals surface area contributed by atoms with Crippen molar-refractivity contribution in [2.75, 3.05) is 12.3 Å². The lowest BCUT2D eigenvalue weighted by molar-refractivity contribution is 0.282. The normalized spacial score (nSPS) is 11.0. The average molecular weight is 209 g/mol. The van der Waals surface area contributed by atoms with Crippen LogP contribution in [0.15, 0.2) is 41.3 Å². The third-order valence-corrected chi connectivity index (χ3v) is 2.72. The van der Waals surface area contributed by atoms with Crippen LogP contribution in [0.3, 0.4) is 0 Å². The third kappa shape index (κ3) is 3.96. The summed E-state index contributed by atoms with van der Waals surface area (Å²) < 4.78 is 0. The Morgan fingerprint density at radius 3 is 2.50 bits per heavy atom. The second-order valence-corrected chi connectivity index (χ2v) is 3.91. The van der Waals surface area contributed by atoms with Gasteiger partial charge in [-0.3, -0.25) is 0 Å². The fourth-order valence-electron chi connectivity index (χ4n) is 1.000. The molecule has 0 amide bonds. The van der Waals surface area contributed by atoms with Crippen LogP contribution in [-0.4, -0.2) is 17.4 Å². The minimum atomic E-state index is 0.109. The molecule has 1 rings (SSSR count). The Kier molecular flexibility index (Phi) is 5.37. The van der Waals surface area contributed by atoms with E-state index in [0.29, 0.717) is 6.54 Å². The van der Waals surface area contributed by atoms with Gasteiger partial charge in [0.25, 0.3) is 0 Å². The molecule has 0 aromatic heterocycles. The van der Waals surface area contributed by atoms with E-state index in [2.05, 4.69) is 6.08 Å². The predicted octanol–water partition coefficient (Wildman–Crippen LogP) is 1.79. The first-order valence-corrected chi connectivity index (χ1v) is 5.53.